The summed E-state index contributed by atoms with van der Waals surface area (Å²) in [6, 6.07) is 17.1. The van der Waals surface area contributed by atoms with Gasteiger partial charge in [-0.25, -0.2) is 13.1 Å². The van der Waals surface area contributed by atoms with Crippen LogP contribution in [0.5, 0.6) is 5.75 Å². The van der Waals surface area contributed by atoms with Crippen molar-refractivity contribution in [3.05, 3.63) is 89.2 Å². The number of benzene rings is 2. The summed E-state index contributed by atoms with van der Waals surface area (Å²) in [5, 5.41) is 0. The molecule has 4 rings (SSSR count). The van der Waals surface area contributed by atoms with E-state index < -0.39 is 15.9 Å². The van der Waals surface area contributed by atoms with Crippen molar-refractivity contribution in [3.8, 4) is 17.6 Å². The Hall–Kier alpha value is -3.87. The molecule has 9 heteroatoms. The molecule has 37 heavy (non-hydrogen) atoms. The van der Waals surface area contributed by atoms with Crippen molar-refractivity contribution in [2.75, 3.05) is 43.9 Å². The van der Waals surface area contributed by atoms with Crippen molar-refractivity contribution in [1.82, 2.24) is 14.6 Å². The van der Waals surface area contributed by atoms with Crippen LogP contribution in [0.1, 0.15) is 34.0 Å². The molecule has 1 aliphatic rings. The standard InChI is InChI=1S/C28H30N4O4S/c1-3-36-27-18-22(19-29-20-27)8-9-23-6-4-5-7-25(23)21-31-14-16-32(17-15-31)26-12-10-24(11-13-26)28(33)30-37(2,34)35/h4-7,10-13,18-20H,3,14-17,21H2,1-2H3,(H,30,33). The van der Waals surface area contributed by atoms with Gasteiger partial charge in [0.1, 0.15) is 5.75 Å². The number of ether oxygens (including phenoxy) is 1. The first-order chi connectivity index (χ1) is 17.8. The van der Waals surface area contributed by atoms with Crippen molar-refractivity contribution in [1.29, 1.82) is 0 Å². The van der Waals surface area contributed by atoms with Crippen LogP contribution in [0.4, 0.5) is 5.69 Å². The lowest BCUT2D eigenvalue weighted by molar-refractivity contribution is 0.0981. The molecule has 1 aliphatic heterocycles. The first-order valence-corrected chi connectivity index (χ1v) is 14.0. The number of aromatic nitrogens is 1. The molecule has 0 aliphatic carbocycles. The van der Waals surface area contributed by atoms with Gasteiger partial charge in [-0.3, -0.25) is 14.7 Å². The molecule has 1 N–H and O–H groups in total. The van der Waals surface area contributed by atoms with Gasteiger partial charge in [-0.1, -0.05) is 30.0 Å². The van der Waals surface area contributed by atoms with Crippen LogP contribution >= 0.6 is 0 Å². The molecule has 3 aromatic rings. The highest BCUT2D eigenvalue weighted by Gasteiger charge is 2.19. The number of anilines is 1. The van der Waals surface area contributed by atoms with Gasteiger partial charge in [0.05, 0.1) is 19.1 Å². The lowest BCUT2D eigenvalue weighted by Crippen LogP contribution is -2.46. The number of hydrogen-bond donors (Lipinski definition) is 1. The highest BCUT2D eigenvalue weighted by atomic mass is 32.2. The Kier molecular flexibility index (Phi) is 8.43. The van der Waals surface area contributed by atoms with E-state index in [-0.39, 0.29) is 0 Å². The number of sulfonamides is 1. The third-order valence-electron chi connectivity index (χ3n) is 5.92. The number of carbonyl (C=O) groups is 1. The number of amides is 1. The fraction of sp³-hybridized carbons (Fsp3) is 0.286. The zero-order valence-electron chi connectivity index (χ0n) is 21.0. The number of hydrogen-bond acceptors (Lipinski definition) is 7. The second kappa shape index (κ2) is 11.9. The number of nitrogens with one attached hydrogen (secondary N) is 1. The van der Waals surface area contributed by atoms with E-state index in [2.05, 4.69) is 32.7 Å². The van der Waals surface area contributed by atoms with Gasteiger partial charge in [-0.05, 0) is 48.9 Å². The van der Waals surface area contributed by atoms with Crippen LogP contribution in [-0.2, 0) is 16.6 Å². The number of pyridine rings is 1. The van der Waals surface area contributed by atoms with Crippen LogP contribution in [-0.4, -0.2) is 63.3 Å². The molecule has 0 bridgehead atoms. The fourth-order valence-electron chi connectivity index (χ4n) is 4.11. The summed E-state index contributed by atoms with van der Waals surface area (Å²) in [6.45, 7) is 6.80. The maximum absolute atomic E-state index is 12.0. The molecule has 2 heterocycles. The molecule has 0 saturated carbocycles. The molecule has 1 amide bonds. The summed E-state index contributed by atoms with van der Waals surface area (Å²) in [7, 11) is -3.59. The summed E-state index contributed by atoms with van der Waals surface area (Å²) < 4.78 is 30.1. The number of rotatable bonds is 7. The van der Waals surface area contributed by atoms with Crippen LogP contribution in [0, 0.1) is 11.8 Å². The lowest BCUT2D eigenvalue weighted by atomic mass is 10.1. The van der Waals surface area contributed by atoms with Crippen molar-refractivity contribution < 1.29 is 17.9 Å². The minimum absolute atomic E-state index is 0.311. The summed E-state index contributed by atoms with van der Waals surface area (Å²) >= 11 is 0. The normalized spacial score (nSPS) is 13.9. The van der Waals surface area contributed by atoms with Crippen molar-refractivity contribution >= 4 is 21.6 Å². The zero-order valence-corrected chi connectivity index (χ0v) is 21.8. The van der Waals surface area contributed by atoms with E-state index in [0.29, 0.717) is 17.9 Å². The molecular formula is C28H30N4O4S. The first-order valence-electron chi connectivity index (χ1n) is 12.1. The third-order valence-corrected chi connectivity index (χ3v) is 6.48. The molecule has 0 radical (unpaired) electrons. The van der Waals surface area contributed by atoms with E-state index >= 15 is 0 Å². The fourth-order valence-corrected chi connectivity index (χ4v) is 4.56. The van der Waals surface area contributed by atoms with Gasteiger partial charge in [0.15, 0.2) is 0 Å². The number of nitrogens with zero attached hydrogens (tertiary/aromatic N) is 3. The lowest BCUT2D eigenvalue weighted by Gasteiger charge is -2.36. The van der Waals surface area contributed by atoms with E-state index in [9.17, 15) is 13.2 Å². The van der Waals surface area contributed by atoms with E-state index in [1.165, 1.54) is 5.56 Å². The first kappa shape index (κ1) is 26.2. The monoisotopic (exact) mass is 518 g/mol. The van der Waals surface area contributed by atoms with Gasteiger partial charge in [0.2, 0.25) is 10.0 Å². The highest BCUT2D eigenvalue weighted by molar-refractivity contribution is 7.89. The van der Waals surface area contributed by atoms with Gasteiger partial charge in [-0.2, -0.15) is 0 Å². The van der Waals surface area contributed by atoms with Crippen molar-refractivity contribution in [2.24, 2.45) is 0 Å². The minimum Gasteiger partial charge on any atom is -0.492 e. The molecule has 2 aromatic carbocycles. The number of piperazine rings is 1. The average molecular weight is 519 g/mol. The van der Waals surface area contributed by atoms with Crippen LogP contribution in [0.15, 0.2) is 67.0 Å². The minimum atomic E-state index is -3.59. The van der Waals surface area contributed by atoms with Crippen molar-refractivity contribution in [2.45, 2.75) is 13.5 Å². The molecule has 8 nitrogen and oxygen atoms in total. The van der Waals surface area contributed by atoms with E-state index in [4.69, 9.17) is 4.74 Å². The van der Waals surface area contributed by atoms with Gasteiger partial charge < -0.3 is 9.64 Å². The van der Waals surface area contributed by atoms with E-state index in [0.717, 1.165) is 55.8 Å². The van der Waals surface area contributed by atoms with Gasteiger partial charge >= 0.3 is 0 Å². The molecule has 1 saturated heterocycles. The topological polar surface area (TPSA) is 91.8 Å². The Morgan fingerprint density at radius 2 is 1.76 bits per heavy atom. The Morgan fingerprint density at radius 1 is 1.03 bits per heavy atom. The summed E-state index contributed by atoms with van der Waals surface area (Å²) in [5.41, 5.74) is 4.30. The second-order valence-electron chi connectivity index (χ2n) is 8.76. The summed E-state index contributed by atoms with van der Waals surface area (Å²) in [4.78, 5) is 20.9. The smallest absolute Gasteiger partial charge is 0.264 e. The molecule has 0 atom stereocenters. The Labute approximate surface area is 218 Å². The Morgan fingerprint density at radius 3 is 2.46 bits per heavy atom. The maximum atomic E-state index is 12.0. The zero-order chi connectivity index (χ0) is 26.3. The van der Waals surface area contributed by atoms with Crippen LogP contribution in [0.2, 0.25) is 0 Å². The van der Waals surface area contributed by atoms with Gasteiger partial charge in [-0.15, -0.1) is 0 Å². The summed E-state index contributed by atoms with van der Waals surface area (Å²) in [5.74, 6) is 6.60. The molecule has 0 spiro atoms. The summed E-state index contributed by atoms with van der Waals surface area (Å²) in [6.07, 6.45) is 4.39. The van der Waals surface area contributed by atoms with E-state index in [1.807, 2.05) is 48.0 Å². The molecule has 1 aromatic heterocycles. The number of carbonyl (C=O) groups excluding carboxylic acids is 1. The molecular weight excluding hydrogens is 488 g/mol. The molecule has 192 valence electrons. The largest absolute Gasteiger partial charge is 0.492 e. The quantitative estimate of drug-likeness (QED) is 0.481. The molecule has 1 fully saturated rings. The second-order valence-corrected chi connectivity index (χ2v) is 10.5. The van der Waals surface area contributed by atoms with Crippen LogP contribution in [0.25, 0.3) is 0 Å². The van der Waals surface area contributed by atoms with Crippen molar-refractivity contribution in [3.63, 3.8) is 0 Å². The van der Waals surface area contributed by atoms with Gasteiger partial charge in [0, 0.05) is 61.3 Å². The molecule has 0 unspecified atom stereocenters. The Bertz CT molecular complexity index is 1400. The predicted molar refractivity (Wildman–Crippen MR) is 144 cm³/mol. The predicted octanol–water partition coefficient (Wildman–Crippen LogP) is 2.89. The van der Waals surface area contributed by atoms with Gasteiger partial charge in [0.25, 0.3) is 5.91 Å². The van der Waals surface area contributed by atoms with Crippen LogP contribution < -0.4 is 14.4 Å². The highest BCUT2D eigenvalue weighted by Crippen LogP contribution is 2.19. The maximum Gasteiger partial charge on any atom is 0.264 e. The van der Waals surface area contributed by atoms with Crippen LogP contribution in [0.3, 0.4) is 0 Å². The third kappa shape index (κ3) is 7.56. The Balaban J connectivity index is 1.36. The van der Waals surface area contributed by atoms with E-state index in [1.54, 1.807) is 24.5 Å². The average Bonchev–Trinajstić information content (AvgIpc) is 2.88. The SMILES string of the molecule is CCOc1cncc(C#Cc2ccccc2CN2CCN(c3ccc(C(=O)NS(C)(=O)=O)cc3)CC2)c1.